The number of carbonyl (C=O) groups is 6. The molecule has 492 valence electrons. The van der Waals surface area contributed by atoms with E-state index in [1.807, 2.05) is 134 Å². The second kappa shape index (κ2) is 31.2. The van der Waals surface area contributed by atoms with Crippen LogP contribution < -0.4 is 14.2 Å². The molecule has 0 saturated heterocycles. The maximum atomic E-state index is 13.7. The highest BCUT2D eigenvalue weighted by atomic mass is 32.1. The molecule has 0 saturated carbocycles. The number of aromatic hydroxyl groups is 3. The van der Waals surface area contributed by atoms with Crippen molar-refractivity contribution in [3.63, 3.8) is 0 Å². The fourth-order valence-electron chi connectivity index (χ4n) is 11.2. The van der Waals surface area contributed by atoms with Gasteiger partial charge in [-0.15, -0.1) is 34.0 Å². The van der Waals surface area contributed by atoms with Crippen LogP contribution in [0.25, 0.3) is 48.5 Å². The van der Waals surface area contributed by atoms with Crippen LogP contribution in [0.5, 0.6) is 51.7 Å². The molecule has 18 heteroatoms. The van der Waals surface area contributed by atoms with E-state index in [2.05, 4.69) is 14.2 Å². The topological polar surface area (TPSA) is 218 Å². The third-order valence-electron chi connectivity index (χ3n) is 15.4. The number of carbonyl (C=O) groups excluding carboxylic acids is 6. The first-order valence-electron chi connectivity index (χ1n) is 30.4. The maximum Gasteiger partial charge on any atom is 0.297 e. The van der Waals surface area contributed by atoms with E-state index < -0.39 is 0 Å². The fourth-order valence-corrected chi connectivity index (χ4v) is 14.5. The molecule has 0 amide bonds. The number of hydrogen-bond donors (Lipinski definition) is 3. The van der Waals surface area contributed by atoms with Crippen molar-refractivity contribution in [2.75, 3.05) is 0 Å². The van der Waals surface area contributed by atoms with Crippen molar-refractivity contribution >= 4 is 119 Å². The van der Waals surface area contributed by atoms with Gasteiger partial charge in [0.25, 0.3) is 19.4 Å². The quantitative estimate of drug-likeness (QED) is 0.0264. The molecule has 0 bridgehead atoms. The van der Waals surface area contributed by atoms with Crippen molar-refractivity contribution in [2.24, 2.45) is 0 Å². The lowest BCUT2D eigenvalue weighted by molar-refractivity contribution is -0.124. The second-order valence-electron chi connectivity index (χ2n) is 22.8. The van der Waals surface area contributed by atoms with Crippen LogP contribution in [0.4, 0.5) is 0 Å². The normalized spacial score (nSPS) is 11.1. The zero-order chi connectivity index (χ0) is 69.7. The minimum Gasteiger partial charge on any atom is -0.508 e. The van der Waals surface area contributed by atoms with Crippen LogP contribution in [-0.2, 0) is 28.6 Å². The second-order valence-corrected chi connectivity index (χ2v) is 26.0. The summed E-state index contributed by atoms with van der Waals surface area (Å²) in [5.41, 5.74) is 12.3. The van der Waals surface area contributed by atoms with Gasteiger partial charge in [-0.1, -0.05) is 95.6 Å². The number of benzene rings is 9. The monoisotopic (exact) mass is 1360 g/mol. The van der Waals surface area contributed by atoms with E-state index >= 15 is 0 Å². The summed E-state index contributed by atoms with van der Waals surface area (Å²) in [6.07, 6.45) is 8.84. The van der Waals surface area contributed by atoms with E-state index in [9.17, 15) is 44.1 Å². The van der Waals surface area contributed by atoms with Crippen molar-refractivity contribution < 1.29 is 72.5 Å². The van der Waals surface area contributed by atoms with Gasteiger partial charge in [0.1, 0.15) is 49.1 Å². The summed E-state index contributed by atoms with van der Waals surface area (Å²) in [6, 6.07) is 50.2. The molecule has 0 spiro atoms. The Morgan fingerprint density at radius 1 is 0.337 bits per heavy atom. The first-order valence-corrected chi connectivity index (χ1v) is 32.9. The van der Waals surface area contributed by atoms with E-state index in [1.54, 1.807) is 109 Å². The van der Waals surface area contributed by atoms with Crippen molar-refractivity contribution in [1.82, 2.24) is 0 Å². The van der Waals surface area contributed by atoms with Gasteiger partial charge in [0.2, 0.25) is 17.3 Å². The third kappa shape index (κ3) is 16.3. The van der Waals surface area contributed by atoms with Gasteiger partial charge in [-0.25, -0.2) is 0 Å². The lowest BCUT2D eigenvalue weighted by atomic mass is 9.95. The van der Waals surface area contributed by atoms with Crippen LogP contribution in [0.3, 0.4) is 0 Å². The number of rotatable bonds is 21. The molecule has 98 heavy (non-hydrogen) atoms. The molecule has 9 aromatic carbocycles. The number of phenols is 3. The summed E-state index contributed by atoms with van der Waals surface area (Å²) in [5, 5.41) is 32.1. The molecule has 12 rings (SSSR count). The van der Waals surface area contributed by atoms with Crippen LogP contribution >= 0.6 is 34.0 Å². The largest absolute Gasteiger partial charge is 0.508 e. The number of hydrogen-bond acceptors (Lipinski definition) is 18. The first-order chi connectivity index (χ1) is 47.2. The van der Waals surface area contributed by atoms with Crippen molar-refractivity contribution in [3.8, 4) is 51.7 Å². The Morgan fingerprint density at radius 3 is 0.929 bits per heavy atom. The number of fused-ring (bicyclic) bond motifs is 3. The van der Waals surface area contributed by atoms with E-state index in [1.165, 1.54) is 52.8 Å². The van der Waals surface area contributed by atoms with Crippen molar-refractivity contribution in [2.45, 2.75) is 55.4 Å². The van der Waals surface area contributed by atoms with E-state index in [4.69, 9.17) is 14.2 Å². The molecule has 3 heterocycles. The molecule has 0 fully saturated rings. The lowest BCUT2D eigenvalue weighted by Gasteiger charge is -2.12. The molecule has 0 aliphatic rings. The Morgan fingerprint density at radius 2 is 0.633 bits per heavy atom. The summed E-state index contributed by atoms with van der Waals surface area (Å²) in [7, 11) is 0. The molecule has 0 unspecified atom stereocenters. The smallest absolute Gasteiger partial charge is 0.297 e. The molecular formula is C80H64O15S3. The summed E-state index contributed by atoms with van der Waals surface area (Å²) in [6.45, 7) is 16.7. The van der Waals surface area contributed by atoms with Crippen LogP contribution in [0, 0.1) is 55.4 Å². The molecule has 0 aliphatic carbocycles. The third-order valence-corrected chi connectivity index (χ3v) is 18.8. The molecular weight excluding hydrogens is 1300 g/mol. The molecule has 3 aromatic heterocycles. The molecule has 3 N–H and O–H groups in total. The summed E-state index contributed by atoms with van der Waals surface area (Å²) in [4.78, 5) is 73.0. The number of ether oxygens (including phenoxy) is 6. The Hall–Kier alpha value is -11.7. The summed E-state index contributed by atoms with van der Waals surface area (Å²) < 4.78 is 34.6. The average molecular weight is 1360 g/mol. The highest BCUT2D eigenvalue weighted by molar-refractivity contribution is 7.22. The summed E-state index contributed by atoms with van der Waals surface area (Å²) in [5.74, 6) is 3.12. The van der Waals surface area contributed by atoms with Gasteiger partial charge in [0.15, 0.2) is 17.2 Å². The first kappa shape index (κ1) is 69.1. The fraction of sp³-hybridized carbons (Fsp3) is 0.100. The number of phenolic OH excluding ortho intramolecular Hbond substituents is 3. The Bertz CT molecular complexity index is 4840. The van der Waals surface area contributed by atoms with Gasteiger partial charge in [-0.05, 0) is 209 Å². The zero-order valence-electron chi connectivity index (χ0n) is 54.3. The van der Waals surface area contributed by atoms with Crippen LogP contribution in [0.2, 0.25) is 0 Å². The van der Waals surface area contributed by atoms with Crippen LogP contribution in [-0.4, -0.2) is 52.1 Å². The van der Waals surface area contributed by atoms with Gasteiger partial charge in [0, 0.05) is 46.9 Å². The minimum atomic E-state index is -0.122. The highest BCUT2D eigenvalue weighted by Gasteiger charge is 2.28. The predicted molar refractivity (Wildman–Crippen MR) is 386 cm³/mol. The standard InChI is InChI=1S/2C27H22O5S.C26H20O5S/c2*1-16-12-17(2)24(18(3)13-16)25(30)27-26(22-9-6-20(29)14-23(22)33-27)32-21-7-4-19(5-8-21)10-11-31-15-28;1-16-3-9-21(17(2)13-16)24(29)26-25(22-10-6-19(28)14-23(22)32-26)31-20-7-4-18(5-8-20)11-12-30-15-27/h2*4-15,29H,1-3H3;3-15,28H,1-2H3/b2*11-10+;12-11+. The van der Waals surface area contributed by atoms with Crippen LogP contribution in [0.1, 0.15) is 107 Å². The predicted octanol–water partition coefficient (Wildman–Crippen LogP) is 19.8. The van der Waals surface area contributed by atoms with Gasteiger partial charge in [-0.2, -0.15) is 0 Å². The Balaban J connectivity index is 0.000000159. The number of thiophene rings is 3. The molecule has 0 atom stereocenters. The molecule has 0 radical (unpaired) electrons. The van der Waals surface area contributed by atoms with Gasteiger partial charge < -0.3 is 43.7 Å². The van der Waals surface area contributed by atoms with Crippen molar-refractivity contribution in [3.05, 3.63) is 281 Å². The maximum absolute atomic E-state index is 13.7. The SMILES string of the molecule is Cc1cc(C)c(C(=O)c2sc3cc(O)ccc3c2Oc2ccc(/C=C/OC=O)cc2)c(C)c1.Cc1cc(C)c(C(=O)c2sc3cc(O)ccc3c2Oc2ccc(/C=C/OC=O)cc2)c(C)c1.Cc1ccc(C(=O)c2sc3cc(O)ccc3c2Oc2ccc(/C=C/OC=O)cc2)c(C)c1. The van der Waals surface area contributed by atoms with Gasteiger partial charge in [-0.3, -0.25) is 28.8 Å². The summed E-state index contributed by atoms with van der Waals surface area (Å²) >= 11 is 3.90. The zero-order valence-corrected chi connectivity index (χ0v) is 56.8. The Kier molecular flexibility index (Phi) is 22.0. The van der Waals surface area contributed by atoms with E-state index in [0.717, 1.165) is 91.5 Å². The molecule has 0 aliphatic heterocycles. The number of ketones is 3. The molecule has 12 aromatic rings. The van der Waals surface area contributed by atoms with Gasteiger partial charge in [0.05, 0.1) is 18.8 Å². The average Bonchev–Trinajstić information content (AvgIpc) is 1.63. The number of aryl methyl sites for hydroxylation is 8. The van der Waals surface area contributed by atoms with Crippen molar-refractivity contribution in [1.29, 1.82) is 0 Å². The highest BCUT2D eigenvalue weighted by Crippen LogP contribution is 2.47. The minimum absolute atomic E-state index is 0.105. The van der Waals surface area contributed by atoms with Gasteiger partial charge >= 0.3 is 0 Å². The molecule has 15 nitrogen and oxygen atoms in total. The lowest BCUT2D eigenvalue weighted by Crippen LogP contribution is -2.06. The van der Waals surface area contributed by atoms with E-state index in [-0.39, 0.29) is 34.6 Å². The Labute approximate surface area is 576 Å². The van der Waals surface area contributed by atoms with Crippen LogP contribution in [0.15, 0.2) is 189 Å². The van der Waals surface area contributed by atoms with E-state index in [0.29, 0.717) is 85.2 Å².